The maximum Gasteiger partial charge on any atom is 0.252 e. The molecule has 1 amide bonds. The smallest absolute Gasteiger partial charge is 0.252 e. The number of carbonyl (C=O) groups is 1. The maximum absolute atomic E-state index is 12.4. The molecule has 0 bridgehead atoms. The molecular formula is C18H18BrNO5. The number of fused-ring (bicyclic) bond motifs is 1. The zero-order chi connectivity index (χ0) is 18.0. The van der Waals surface area contributed by atoms with Gasteiger partial charge < -0.3 is 24.6 Å². The SMILES string of the molecule is COc1ccc(Br)c(C(=O)NCC(C)(O)c2ccc3c(c2)OCO3)c1. The summed E-state index contributed by atoms with van der Waals surface area (Å²) in [5.41, 5.74) is -0.204. The van der Waals surface area contributed by atoms with Crippen LogP contribution in [0.4, 0.5) is 0 Å². The van der Waals surface area contributed by atoms with Crippen LogP contribution in [-0.4, -0.2) is 31.5 Å². The summed E-state index contributed by atoms with van der Waals surface area (Å²) in [5, 5.41) is 13.5. The molecule has 1 aliphatic rings. The molecule has 1 atom stereocenters. The van der Waals surface area contributed by atoms with Gasteiger partial charge in [0.25, 0.3) is 5.91 Å². The standard InChI is InChI=1S/C18H18BrNO5/c1-18(22,11-3-6-15-16(7-11)25-10-24-15)9-20-17(21)13-8-12(23-2)4-5-14(13)19/h3-8,22H,9-10H2,1-2H3,(H,20,21). The number of carbonyl (C=O) groups excluding carboxylic acids is 1. The van der Waals surface area contributed by atoms with Gasteiger partial charge in [0, 0.05) is 4.47 Å². The number of hydrogen-bond acceptors (Lipinski definition) is 5. The predicted molar refractivity (Wildman–Crippen MR) is 95.2 cm³/mol. The Morgan fingerprint density at radius 3 is 2.80 bits per heavy atom. The molecule has 0 saturated heterocycles. The minimum atomic E-state index is -1.26. The number of rotatable bonds is 5. The molecule has 7 heteroatoms. The number of benzene rings is 2. The van der Waals surface area contributed by atoms with Crippen LogP contribution in [-0.2, 0) is 5.60 Å². The van der Waals surface area contributed by atoms with Crippen LogP contribution in [0.5, 0.6) is 17.2 Å². The number of aliphatic hydroxyl groups is 1. The minimum absolute atomic E-state index is 0.0368. The Morgan fingerprint density at radius 2 is 2.04 bits per heavy atom. The second-order valence-corrected chi connectivity index (χ2v) is 6.72. The van der Waals surface area contributed by atoms with E-state index in [1.165, 1.54) is 7.11 Å². The highest BCUT2D eigenvalue weighted by Gasteiger charge is 2.27. The van der Waals surface area contributed by atoms with E-state index in [4.69, 9.17) is 14.2 Å². The number of nitrogens with one attached hydrogen (secondary N) is 1. The van der Waals surface area contributed by atoms with Gasteiger partial charge in [0.1, 0.15) is 11.4 Å². The number of ether oxygens (including phenoxy) is 3. The van der Waals surface area contributed by atoms with Crippen LogP contribution < -0.4 is 19.5 Å². The lowest BCUT2D eigenvalue weighted by Crippen LogP contribution is -2.38. The Labute approximate surface area is 153 Å². The van der Waals surface area contributed by atoms with Gasteiger partial charge >= 0.3 is 0 Å². The molecule has 0 fully saturated rings. The third-order valence-corrected chi connectivity index (χ3v) is 4.70. The van der Waals surface area contributed by atoms with E-state index in [1.54, 1.807) is 43.3 Å². The molecule has 1 heterocycles. The van der Waals surface area contributed by atoms with Crippen molar-refractivity contribution in [3.63, 3.8) is 0 Å². The molecule has 6 nitrogen and oxygen atoms in total. The first kappa shape index (κ1) is 17.6. The van der Waals surface area contributed by atoms with E-state index < -0.39 is 5.60 Å². The van der Waals surface area contributed by atoms with Crippen molar-refractivity contribution in [2.75, 3.05) is 20.4 Å². The number of hydrogen-bond donors (Lipinski definition) is 2. The van der Waals surface area contributed by atoms with Crippen molar-refractivity contribution >= 4 is 21.8 Å². The minimum Gasteiger partial charge on any atom is -0.497 e. The average molecular weight is 408 g/mol. The van der Waals surface area contributed by atoms with Crippen LogP contribution in [0.3, 0.4) is 0 Å². The van der Waals surface area contributed by atoms with E-state index in [0.717, 1.165) is 0 Å². The molecule has 0 spiro atoms. The summed E-state index contributed by atoms with van der Waals surface area (Å²) in [4.78, 5) is 12.4. The van der Waals surface area contributed by atoms with Crippen molar-refractivity contribution in [3.05, 3.63) is 52.0 Å². The first-order chi connectivity index (χ1) is 11.9. The molecule has 1 unspecified atom stereocenters. The summed E-state index contributed by atoms with van der Waals surface area (Å²) < 4.78 is 16.4. The first-order valence-electron chi connectivity index (χ1n) is 7.65. The zero-order valence-electron chi connectivity index (χ0n) is 13.8. The van der Waals surface area contributed by atoms with Gasteiger partial charge in [-0.05, 0) is 58.7 Å². The Bertz CT molecular complexity index is 806. The van der Waals surface area contributed by atoms with Crippen molar-refractivity contribution in [1.82, 2.24) is 5.32 Å². The summed E-state index contributed by atoms with van der Waals surface area (Å²) >= 11 is 3.35. The topological polar surface area (TPSA) is 77.0 Å². The zero-order valence-corrected chi connectivity index (χ0v) is 15.4. The fourth-order valence-corrected chi connectivity index (χ4v) is 2.91. The van der Waals surface area contributed by atoms with Gasteiger partial charge in [-0.1, -0.05) is 6.07 Å². The van der Waals surface area contributed by atoms with E-state index in [-0.39, 0.29) is 19.2 Å². The molecule has 25 heavy (non-hydrogen) atoms. The van der Waals surface area contributed by atoms with E-state index in [1.807, 2.05) is 0 Å². The van der Waals surface area contributed by atoms with Crippen LogP contribution in [0, 0.1) is 0 Å². The fourth-order valence-electron chi connectivity index (χ4n) is 2.49. The second-order valence-electron chi connectivity index (χ2n) is 5.87. The lowest BCUT2D eigenvalue weighted by molar-refractivity contribution is 0.0524. The monoisotopic (exact) mass is 407 g/mol. The van der Waals surface area contributed by atoms with Gasteiger partial charge in [0.2, 0.25) is 6.79 Å². The number of halogens is 1. The number of methoxy groups -OCH3 is 1. The Balaban J connectivity index is 1.72. The van der Waals surface area contributed by atoms with Crippen molar-refractivity contribution in [3.8, 4) is 17.2 Å². The van der Waals surface area contributed by atoms with Gasteiger partial charge in [0.05, 0.1) is 19.2 Å². The average Bonchev–Trinajstić information content (AvgIpc) is 3.08. The van der Waals surface area contributed by atoms with Crippen LogP contribution in [0.2, 0.25) is 0 Å². The quantitative estimate of drug-likeness (QED) is 0.796. The fraction of sp³-hybridized carbons (Fsp3) is 0.278. The first-order valence-corrected chi connectivity index (χ1v) is 8.44. The highest BCUT2D eigenvalue weighted by Crippen LogP contribution is 2.35. The summed E-state index contributed by atoms with van der Waals surface area (Å²) in [6.45, 7) is 1.84. The molecule has 2 aromatic carbocycles. The van der Waals surface area contributed by atoms with Crippen molar-refractivity contribution in [2.24, 2.45) is 0 Å². The molecule has 0 aliphatic carbocycles. The maximum atomic E-state index is 12.4. The van der Waals surface area contributed by atoms with Gasteiger partial charge in [-0.15, -0.1) is 0 Å². The Hall–Kier alpha value is -2.25. The van der Waals surface area contributed by atoms with Gasteiger partial charge in [-0.3, -0.25) is 4.79 Å². The Morgan fingerprint density at radius 1 is 1.28 bits per heavy atom. The van der Waals surface area contributed by atoms with Crippen LogP contribution in [0.15, 0.2) is 40.9 Å². The van der Waals surface area contributed by atoms with E-state index in [2.05, 4.69) is 21.2 Å². The van der Waals surface area contributed by atoms with Crippen LogP contribution >= 0.6 is 15.9 Å². The second kappa shape index (κ2) is 6.93. The van der Waals surface area contributed by atoms with Crippen LogP contribution in [0.1, 0.15) is 22.8 Å². The van der Waals surface area contributed by atoms with Crippen LogP contribution in [0.25, 0.3) is 0 Å². The normalized spacial score (nSPS) is 14.7. The van der Waals surface area contributed by atoms with Crippen molar-refractivity contribution < 1.29 is 24.1 Å². The lowest BCUT2D eigenvalue weighted by Gasteiger charge is -2.24. The predicted octanol–water partition coefficient (Wildman–Crippen LogP) is 2.82. The Kier molecular flexibility index (Phi) is 4.87. The molecule has 1 aliphatic heterocycles. The third kappa shape index (κ3) is 3.72. The van der Waals surface area contributed by atoms with Crippen molar-refractivity contribution in [1.29, 1.82) is 0 Å². The molecule has 2 aromatic rings. The van der Waals surface area contributed by atoms with E-state index >= 15 is 0 Å². The highest BCUT2D eigenvalue weighted by molar-refractivity contribution is 9.10. The largest absolute Gasteiger partial charge is 0.497 e. The third-order valence-electron chi connectivity index (χ3n) is 4.01. The molecule has 0 radical (unpaired) electrons. The molecular weight excluding hydrogens is 390 g/mol. The van der Waals surface area contributed by atoms with E-state index in [9.17, 15) is 9.90 Å². The van der Waals surface area contributed by atoms with Gasteiger partial charge in [-0.2, -0.15) is 0 Å². The summed E-state index contributed by atoms with van der Waals surface area (Å²) in [6.07, 6.45) is 0. The highest BCUT2D eigenvalue weighted by atomic mass is 79.9. The summed E-state index contributed by atoms with van der Waals surface area (Å²) in [6, 6.07) is 10.3. The molecule has 132 valence electrons. The van der Waals surface area contributed by atoms with E-state index in [0.29, 0.717) is 32.8 Å². The lowest BCUT2D eigenvalue weighted by atomic mass is 9.95. The molecule has 2 N–H and O–H groups in total. The summed E-state index contributed by atoms with van der Waals surface area (Å²) in [5.74, 6) is 1.49. The van der Waals surface area contributed by atoms with Gasteiger partial charge in [0.15, 0.2) is 11.5 Å². The summed E-state index contributed by atoms with van der Waals surface area (Å²) in [7, 11) is 1.54. The molecule has 0 saturated carbocycles. The van der Waals surface area contributed by atoms with Gasteiger partial charge in [-0.25, -0.2) is 0 Å². The molecule has 3 rings (SSSR count). The number of amides is 1. The van der Waals surface area contributed by atoms with Crippen molar-refractivity contribution in [2.45, 2.75) is 12.5 Å². The molecule has 0 aromatic heterocycles.